The lowest BCUT2D eigenvalue weighted by molar-refractivity contribution is 0.0999. The van der Waals surface area contributed by atoms with Crippen LogP contribution >= 0.6 is 0 Å². The number of nitrogen functional groups attached to an aromatic ring is 1. The van der Waals surface area contributed by atoms with Gasteiger partial charge in [0.2, 0.25) is 0 Å². The van der Waals surface area contributed by atoms with E-state index in [0.717, 1.165) is 0 Å². The molecule has 5 nitrogen and oxygen atoms in total. The van der Waals surface area contributed by atoms with Crippen LogP contribution in [0.15, 0.2) is 10.9 Å². The van der Waals surface area contributed by atoms with Crippen molar-refractivity contribution in [3.05, 3.63) is 27.7 Å². The standard InChI is InChI=1S/C8H11N3O2/c1-4-7(8(10)13)5(9)3-6(12)11(4)2/h3H,9H2,1-2H3,(H2,10,13). The van der Waals surface area contributed by atoms with Gasteiger partial charge in [-0.3, -0.25) is 9.59 Å². The Morgan fingerprint density at radius 2 is 2.08 bits per heavy atom. The molecule has 1 heterocycles. The Bertz CT molecular complexity index is 420. The molecule has 0 aliphatic heterocycles. The van der Waals surface area contributed by atoms with Gasteiger partial charge in [0.25, 0.3) is 11.5 Å². The van der Waals surface area contributed by atoms with Gasteiger partial charge in [0.1, 0.15) is 0 Å². The highest BCUT2D eigenvalue weighted by Gasteiger charge is 2.12. The Labute approximate surface area is 75.0 Å². The Morgan fingerprint density at radius 3 is 2.54 bits per heavy atom. The fourth-order valence-electron chi connectivity index (χ4n) is 1.16. The maximum Gasteiger partial charge on any atom is 0.252 e. The number of nitrogens with zero attached hydrogens (tertiary/aromatic N) is 1. The second-order valence-electron chi connectivity index (χ2n) is 2.82. The van der Waals surface area contributed by atoms with E-state index < -0.39 is 5.91 Å². The smallest absolute Gasteiger partial charge is 0.252 e. The van der Waals surface area contributed by atoms with E-state index in [4.69, 9.17) is 11.5 Å². The minimum absolute atomic E-state index is 0.133. The highest BCUT2D eigenvalue weighted by molar-refractivity contribution is 5.98. The summed E-state index contributed by atoms with van der Waals surface area (Å²) >= 11 is 0. The summed E-state index contributed by atoms with van der Waals surface area (Å²) < 4.78 is 1.33. The van der Waals surface area contributed by atoms with Gasteiger partial charge < -0.3 is 16.0 Å². The zero-order valence-electron chi connectivity index (χ0n) is 7.50. The van der Waals surface area contributed by atoms with Crippen molar-refractivity contribution in [2.24, 2.45) is 12.8 Å². The molecule has 0 aliphatic carbocycles. The third-order valence-electron chi connectivity index (χ3n) is 2.01. The van der Waals surface area contributed by atoms with Crippen LogP contribution in [0.2, 0.25) is 0 Å². The molecule has 0 unspecified atom stereocenters. The predicted molar refractivity (Wildman–Crippen MR) is 49.4 cm³/mol. The van der Waals surface area contributed by atoms with E-state index >= 15 is 0 Å². The summed E-state index contributed by atoms with van der Waals surface area (Å²) in [5, 5.41) is 0. The lowest BCUT2D eigenvalue weighted by atomic mass is 10.1. The Morgan fingerprint density at radius 1 is 1.54 bits per heavy atom. The van der Waals surface area contributed by atoms with Crippen molar-refractivity contribution in [2.45, 2.75) is 6.92 Å². The first-order valence-electron chi connectivity index (χ1n) is 3.71. The molecule has 0 aliphatic rings. The number of nitrogens with two attached hydrogens (primary N) is 2. The molecule has 0 radical (unpaired) electrons. The maximum absolute atomic E-state index is 11.2. The largest absolute Gasteiger partial charge is 0.398 e. The Kier molecular flexibility index (Phi) is 2.10. The molecule has 4 N–H and O–H groups in total. The van der Waals surface area contributed by atoms with Crippen LogP contribution in [0, 0.1) is 6.92 Å². The number of anilines is 1. The van der Waals surface area contributed by atoms with E-state index in [-0.39, 0.29) is 16.8 Å². The third-order valence-corrected chi connectivity index (χ3v) is 2.01. The van der Waals surface area contributed by atoms with Crippen LogP contribution in [-0.4, -0.2) is 10.5 Å². The minimum atomic E-state index is -0.620. The molecular formula is C8H11N3O2. The van der Waals surface area contributed by atoms with Gasteiger partial charge in [-0.15, -0.1) is 0 Å². The molecule has 0 fully saturated rings. The van der Waals surface area contributed by atoms with Crippen LogP contribution in [0.3, 0.4) is 0 Å². The van der Waals surface area contributed by atoms with Crippen LogP contribution in [0.4, 0.5) is 5.69 Å². The maximum atomic E-state index is 11.2. The van der Waals surface area contributed by atoms with Crippen molar-refractivity contribution in [2.75, 3.05) is 5.73 Å². The third kappa shape index (κ3) is 1.40. The van der Waals surface area contributed by atoms with E-state index in [1.807, 2.05) is 0 Å². The van der Waals surface area contributed by atoms with Crippen molar-refractivity contribution >= 4 is 11.6 Å². The second kappa shape index (κ2) is 2.93. The van der Waals surface area contributed by atoms with Crippen LogP contribution in [-0.2, 0) is 7.05 Å². The van der Waals surface area contributed by atoms with Crippen LogP contribution in [0.1, 0.15) is 16.1 Å². The number of primary amides is 1. The predicted octanol–water partition coefficient (Wildman–Crippen LogP) is -0.625. The average Bonchev–Trinajstić information content (AvgIpc) is 1.99. The summed E-state index contributed by atoms with van der Waals surface area (Å²) in [6.45, 7) is 1.62. The number of carbonyl (C=O) groups is 1. The molecular weight excluding hydrogens is 170 g/mol. The molecule has 1 amide bonds. The summed E-state index contributed by atoms with van der Waals surface area (Å²) in [5.74, 6) is -0.620. The van der Waals surface area contributed by atoms with Gasteiger partial charge in [-0.25, -0.2) is 0 Å². The molecule has 13 heavy (non-hydrogen) atoms. The van der Waals surface area contributed by atoms with Crippen molar-refractivity contribution < 1.29 is 4.79 Å². The summed E-state index contributed by atoms with van der Waals surface area (Å²) in [7, 11) is 1.56. The monoisotopic (exact) mass is 181 g/mol. The number of rotatable bonds is 1. The van der Waals surface area contributed by atoms with Crippen LogP contribution < -0.4 is 17.0 Å². The first-order chi connectivity index (χ1) is 5.95. The topological polar surface area (TPSA) is 91.1 Å². The molecule has 0 bridgehead atoms. The summed E-state index contributed by atoms with van der Waals surface area (Å²) in [6.07, 6.45) is 0. The van der Waals surface area contributed by atoms with E-state index in [0.29, 0.717) is 5.69 Å². The molecule has 70 valence electrons. The van der Waals surface area contributed by atoms with E-state index in [1.54, 1.807) is 14.0 Å². The number of carbonyl (C=O) groups excluding carboxylic acids is 1. The number of amides is 1. The Hall–Kier alpha value is -1.78. The minimum Gasteiger partial charge on any atom is -0.398 e. The van der Waals surface area contributed by atoms with Gasteiger partial charge in [-0.2, -0.15) is 0 Å². The molecule has 1 aromatic heterocycles. The van der Waals surface area contributed by atoms with Gasteiger partial charge in [-0.1, -0.05) is 0 Å². The highest BCUT2D eigenvalue weighted by atomic mass is 16.1. The van der Waals surface area contributed by atoms with E-state index in [2.05, 4.69) is 0 Å². The van der Waals surface area contributed by atoms with Gasteiger partial charge in [0.05, 0.1) is 11.3 Å². The fourth-order valence-corrected chi connectivity index (χ4v) is 1.16. The molecule has 1 rings (SSSR count). The quantitative estimate of drug-likeness (QED) is 0.604. The van der Waals surface area contributed by atoms with Crippen molar-refractivity contribution in [1.29, 1.82) is 0 Å². The zero-order valence-corrected chi connectivity index (χ0v) is 7.50. The SMILES string of the molecule is Cc1c(C(N)=O)c(N)cc(=O)n1C. The number of aromatic nitrogens is 1. The lowest BCUT2D eigenvalue weighted by Gasteiger charge is -2.09. The molecule has 5 heteroatoms. The summed E-state index contributed by atoms with van der Waals surface area (Å²) in [6, 6.07) is 1.19. The van der Waals surface area contributed by atoms with Gasteiger partial charge in [0.15, 0.2) is 0 Å². The van der Waals surface area contributed by atoms with Crippen molar-refractivity contribution in [3.63, 3.8) is 0 Å². The fraction of sp³-hybridized carbons (Fsp3) is 0.250. The van der Waals surface area contributed by atoms with Crippen molar-refractivity contribution in [3.8, 4) is 0 Å². The normalized spacial score (nSPS) is 10.0. The first-order valence-corrected chi connectivity index (χ1v) is 3.71. The van der Waals surface area contributed by atoms with Crippen LogP contribution in [0.25, 0.3) is 0 Å². The molecule has 0 spiro atoms. The van der Waals surface area contributed by atoms with Gasteiger partial charge >= 0.3 is 0 Å². The number of hydrogen-bond acceptors (Lipinski definition) is 3. The summed E-state index contributed by atoms with van der Waals surface area (Å²) in [5.41, 5.74) is 11.2. The van der Waals surface area contributed by atoms with Crippen LogP contribution in [0.5, 0.6) is 0 Å². The lowest BCUT2D eigenvalue weighted by Crippen LogP contribution is -2.25. The molecule has 0 saturated carbocycles. The van der Waals surface area contributed by atoms with E-state index in [9.17, 15) is 9.59 Å². The number of pyridine rings is 1. The zero-order chi connectivity index (χ0) is 10.2. The first kappa shape index (κ1) is 9.31. The Balaban J connectivity index is 3.63. The number of hydrogen-bond donors (Lipinski definition) is 2. The van der Waals surface area contributed by atoms with Gasteiger partial charge in [-0.05, 0) is 6.92 Å². The second-order valence-corrected chi connectivity index (χ2v) is 2.82. The highest BCUT2D eigenvalue weighted by Crippen LogP contribution is 2.11. The van der Waals surface area contributed by atoms with Gasteiger partial charge in [0, 0.05) is 18.8 Å². The van der Waals surface area contributed by atoms with E-state index in [1.165, 1.54) is 10.6 Å². The molecule has 0 aromatic carbocycles. The van der Waals surface area contributed by atoms with Crippen molar-refractivity contribution in [1.82, 2.24) is 4.57 Å². The molecule has 0 saturated heterocycles. The summed E-state index contributed by atoms with van der Waals surface area (Å²) in [4.78, 5) is 22.1. The average molecular weight is 181 g/mol. The molecule has 0 atom stereocenters. The molecule has 1 aromatic rings.